The van der Waals surface area contributed by atoms with E-state index in [2.05, 4.69) is 16.0 Å². The second-order valence-corrected chi connectivity index (χ2v) is 9.37. The predicted molar refractivity (Wildman–Crippen MR) is 109 cm³/mol. The van der Waals surface area contributed by atoms with Gasteiger partial charge in [-0.25, -0.2) is 0 Å². The number of carbonyl (C=O) groups is 2. The van der Waals surface area contributed by atoms with E-state index in [1.54, 1.807) is 0 Å². The third-order valence-electron chi connectivity index (χ3n) is 6.55. The van der Waals surface area contributed by atoms with Crippen LogP contribution in [0.4, 0.5) is 0 Å². The molecule has 1 aliphatic heterocycles. The van der Waals surface area contributed by atoms with Gasteiger partial charge in [0.2, 0.25) is 11.8 Å². The molecule has 2 aliphatic carbocycles. The summed E-state index contributed by atoms with van der Waals surface area (Å²) < 4.78 is 0. The molecule has 4 atom stereocenters. The van der Waals surface area contributed by atoms with Crippen LogP contribution in [0, 0.1) is 23.7 Å². The third-order valence-corrected chi connectivity index (χ3v) is 6.89. The first kappa shape index (κ1) is 19.7. The van der Waals surface area contributed by atoms with Gasteiger partial charge in [0.05, 0.1) is 5.92 Å². The van der Waals surface area contributed by atoms with Crippen molar-refractivity contribution in [1.82, 2.24) is 16.0 Å². The average molecular weight is 404 g/mol. The van der Waals surface area contributed by atoms with Gasteiger partial charge < -0.3 is 10.6 Å². The van der Waals surface area contributed by atoms with Crippen LogP contribution in [0.25, 0.3) is 0 Å². The molecule has 4 rings (SSSR count). The van der Waals surface area contributed by atoms with Crippen molar-refractivity contribution in [2.75, 3.05) is 0 Å². The Kier molecular flexibility index (Phi) is 5.66. The lowest BCUT2D eigenvalue weighted by atomic mass is 9.74. The van der Waals surface area contributed by atoms with E-state index in [0.29, 0.717) is 11.6 Å². The van der Waals surface area contributed by atoms with Crippen molar-refractivity contribution < 1.29 is 9.59 Å². The summed E-state index contributed by atoms with van der Waals surface area (Å²) in [6.45, 7) is 4.21. The van der Waals surface area contributed by atoms with Crippen molar-refractivity contribution in [3.63, 3.8) is 0 Å². The number of hydrogen-bond donors (Lipinski definition) is 3. The molecule has 3 N–H and O–H groups in total. The summed E-state index contributed by atoms with van der Waals surface area (Å²) in [7, 11) is 0. The Labute approximate surface area is 172 Å². The lowest BCUT2D eigenvalue weighted by Crippen LogP contribution is -2.58. The number of hydrogen-bond acceptors (Lipinski definition) is 3. The first-order chi connectivity index (χ1) is 13.4. The number of amides is 2. The molecule has 28 heavy (non-hydrogen) atoms. The standard InChI is InChI=1S/C22H30ClN3O2/c1-12(2)21(27)24-11-13-3-8-18(23)17(9-13)20-25-19-10-15(14-4-5-14)6-7-16(19)22(28)26-20/h3,8-9,12,14-16,19-20,25H,4-7,10-11H2,1-2H3,(H,24,27)(H,26,28). The lowest BCUT2D eigenvalue weighted by Gasteiger charge is -2.43. The number of nitrogens with one attached hydrogen (secondary N) is 3. The van der Waals surface area contributed by atoms with Crippen LogP contribution in [0.2, 0.25) is 5.02 Å². The minimum Gasteiger partial charge on any atom is -0.352 e. The Morgan fingerprint density at radius 2 is 1.96 bits per heavy atom. The first-order valence-electron chi connectivity index (χ1n) is 10.5. The zero-order valence-electron chi connectivity index (χ0n) is 16.6. The summed E-state index contributed by atoms with van der Waals surface area (Å²) in [5.74, 6) is 1.82. The highest BCUT2D eigenvalue weighted by Gasteiger charge is 2.44. The molecule has 4 unspecified atom stereocenters. The molecule has 0 bridgehead atoms. The van der Waals surface area contributed by atoms with E-state index >= 15 is 0 Å². The van der Waals surface area contributed by atoms with Crippen LogP contribution in [0.5, 0.6) is 0 Å². The van der Waals surface area contributed by atoms with E-state index in [0.717, 1.165) is 35.8 Å². The summed E-state index contributed by atoms with van der Waals surface area (Å²) in [5, 5.41) is 10.3. The molecular formula is C22H30ClN3O2. The molecule has 3 fully saturated rings. The zero-order valence-corrected chi connectivity index (χ0v) is 17.4. The highest BCUT2D eigenvalue weighted by atomic mass is 35.5. The van der Waals surface area contributed by atoms with E-state index in [9.17, 15) is 9.59 Å². The van der Waals surface area contributed by atoms with Gasteiger partial charge in [-0.2, -0.15) is 0 Å². The van der Waals surface area contributed by atoms with Gasteiger partial charge in [-0.15, -0.1) is 0 Å². The molecule has 1 saturated heterocycles. The van der Waals surface area contributed by atoms with Crippen molar-refractivity contribution in [3.05, 3.63) is 34.3 Å². The van der Waals surface area contributed by atoms with Crippen molar-refractivity contribution >= 4 is 23.4 Å². The fourth-order valence-electron chi connectivity index (χ4n) is 4.69. The van der Waals surface area contributed by atoms with E-state index < -0.39 is 0 Å². The summed E-state index contributed by atoms with van der Waals surface area (Å²) in [4.78, 5) is 24.6. The molecule has 6 heteroatoms. The van der Waals surface area contributed by atoms with Gasteiger partial charge in [-0.05, 0) is 61.6 Å². The van der Waals surface area contributed by atoms with E-state index in [4.69, 9.17) is 11.6 Å². The molecule has 152 valence electrons. The minimum atomic E-state index is -0.278. The van der Waals surface area contributed by atoms with Crippen molar-refractivity contribution in [2.45, 2.75) is 64.7 Å². The van der Waals surface area contributed by atoms with Crippen LogP contribution in [0.1, 0.15) is 63.2 Å². The van der Waals surface area contributed by atoms with Crippen LogP contribution in [-0.4, -0.2) is 17.9 Å². The van der Waals surface area contributed by atoms with E-state index in [1.165, 1.54) is 19.3 Å². The molecule has 0 spiro atoms. The quantitative estimate of drug-likeness (QED) is 0.704. The normalized spacial score (nSPS) is 29.9. The number of fused-ring (bicyclic) bond motifs is 1. The van der Waals surface area contributed by atoms with Crippen LogP contribution in [0.15, 0.2) is 18.2 Å². The number of benzene rings is 1. The molecular weight excluding hydrogens is 374 g/mol. The largest absolute Gasteiger partial charge is 0.352 e. The number of halogens is 1. The van der Waals surface area contributed by atoms with Crippen molar-refractivity contribution in [3.8, 4) is 0 Å². The van der Waals surface area contributed by atoms with Crippen LogP contribution in [-0.2, 0) is 16.1 Å². The van der Waals surface area contributed by atoms with E-state index in [-0.39, 0.29) is 35.9 Å². The molecule has 2 amide bonds. The highest BCUT2D eigenvalue weighted by Crippen LogP contribution is 2.46. The monoisotopic (exact) mass is 403 g/mol. The fourth-order valence-corrected chi connectivity index (χ4v) is 4.91. The maximum absolute atomic E-state index is 12.7. The summed E-state index contributed by atoms with van der Waals surface area (Å²) in [6.07, 6.45) is 5.67. The third kappa shape index (κ3) is 4.20. The molecule has 5 nitrogen and oxygen atoms in total. The van der Waals surface area contributed by atoms with Crippen molar-refractivity contribution in [2.24, 2.45) is 23.7 Å². The molecule has 1 aromatic rings. The summed E-state index contributed by atoms with van der Waals surface area (Å²) in [5.41, 5.74) is 1.85. The highest BCUT2D eigenvalue weighted by molar-refractivity contribution is 6.31. The molecule has 0 aromatic heterocycles. The second-order valence-electron chi connectivity index (χ2n) is 8.96. The second kappa shape index (κ2) is 8.03. The minimum absolute atomic E-state index is 0.0248. The molecule has 2 saturated carbocycles. The van der Waals surface area contributed by atoms with Gasteiger partial charge in [0, 0.05) is 29.1 Å². The molecule has 1 aromatic carbocycles. The van der Waals surface area contributed by atoms with Gasteiger partial charge in [0.15, 0.2) is 0 Å². The Morgan fingerprint density at radius 1 is 1.21 bits per heavy atom. The topological polar surface area (TPSA) is 70.2 Å². The van der Waals surface area contributed by atoms with Crippen LogP contribution in [0.3, 0.4) is 0 Å². The zero-order chi connectivity index (χ0) is 19.8. The Morgan fingerprint density at radius 3 is 2.68 bits per heavy atom. The van der Waals surface area contributed by atoms with Gasteiger partial charge in [-0.3, -0.25) is 14.9 Å². The van der Waals surface area contributed by atoms with Gasteiger partial charge in [-0.1, -0.05) is 31.5 Å². The smallest absolute Gasteiger partial charge is 0.226 e. The maximum atomic E-state index is 12.7. The van der Waals surface area contributed by atoms with Crippen LogP contribution < -0.4 is 16.0 Å². The van der Waals surface area contributed by atoms with Gasteiger partial charge in [0.25, 0.3) is 0 Å². The summed E-state index contributed by atoms with van der Waals surface area (Å²) >= 11 is 6.48. The average Bonchev–Trinajstić information content (AvgIpc) is 3.51. The molecule has 1 heterocycles. The number of carbonyl (C=O) groups excluding carboxylic acids is 2. The lowest BCUT2D eigenvalue weighted by molar-refractivity contribution is -0.131. The SMILES string of the molecule is CC(C)C(=O)NCc1ccc(Cl)c(C2NC(=O)C3CCC(C4CC4)CC3N2)c1. The van der Waals surface area contributed by atoms with Gasteiger partial charge >= 0.3 is 0 Å². The Bertz CT molecular complexity index is 762. The van der Waals surface area contributed by atoms with Crippen LogP contribution >= 0.6 is 11.6 Å². The summed E-state index contributed by atoms with van der Waals surface area (Å²) in [6, 6.07) is 5.98. The first-order valence-corrected chi connectivity index (χ1v) is 10.9. The van der Waals surface area contributed by atoms with Crippen molar-refractivity contribution in [1.29, 1.82) is 0 Å². The Hall–Kier alpha value is -1.59. The Balaban J connectivity index is 1.47. The molecule has 0 radical (unpaired) electrons. The fraction of sp³-hybridized carbons (Fsp3) is 0.636. The molecule has 3 aliphatic rings. The predicted octanol–water partition coefficient (Wildman–Crippen LogP) is 3.53. The van der Waals surface area contributed by atoms with E-state index in [1.807, 2.05) is 32.0 Å². The maximum Gasteiger partial charge on any atom is 0.226 e. The number of rotatable bonds is 5. The van der Waals surface area contributed by atoms with Gasteiger partial charge in [0.1, 0.15) is 6.17 Å².